The zero-order valence-corrected chi connectivity index (χ0v) is 9.47. The molecule has 0 spiro atoms. The molecule has 1 atom stereocenters. The first-order valence-corrected chi connectivity index (χ1v) is 5.28. The number of nitrogens with zero attached hydrogens (tertiary/aromatic N) is 2. The highest BCUT2D eigenvalue weighted by molar-refractivity contribution is 5.23. The quantitative estimate of drug-likeness (QED) is 0.598. The Bertz CT molecular complexity index is 460. The summed E-state index contributed by atoms with van der Waals surface area (Å²) in [5.74, 6) is 7.32. The fourth-order valence-electron chi connectivity index (χ4n) is 1.67. The number of nitrogens with one attached hydrogen (secondary N) is 1. The van der Waals surface area contributed by atoms with Crippen molar-refractivity contribution in [2.24, 2.45) is 12.9 Å². The van der Waals surface area contributed by atoms with Crippen molar-refractivity contribution in [1.82, 2.24) is 15.2 Å². The van der Waals surface area contributed by atoms with Gasteiger partial charge in [-0.2, -0.15) is 5.10 Å². The van der Waals surface area contributed by atoms with E-state index in [4.69, 9.17) is 10.3 Å². The molecule has 0 aliphatic rings. The molecule has 2 aromatic heterocycles. The van der Waals surface area contributed by atoms with E-state index in [1.54, 1.807) is 10.9 Å². The third-order valence-corrected chi connectivity index (χ3v) is 2.54. The SMILES string of the molecule is CCc1ccc(C(NN)c2cnn(C)c2)o1. The summed E-state index contributed by atoms with van der Waals surface area (Å²) in [5, 5.41) is 4.12. The van der Waals surface area contributed by atoms with E-state index in [9.17, 15) is 0 Å². The summed E-state index contributed by atoms with van der Waals surface area (Å²) in [4.78, 5) is 0. The van der Waals surface area contributed by atoms with Gasteiger partial charge in [0.2, 0.25) is 0 Å². The second-order valence-corrected chi connectivity index (χ2v) is 3.70. The number of nitrogens with two attached hydrogens (primary N) is 1. The number of furan rings is 1. The number of hydrogen-bond donors (Lipinski definition) is 2. The number of hydrazine groups is 1. The predicted octanol–water partition coefficient (Wildman–Crippen LogP) is 1.13. The minimum Gasteiger partial charge on any atom is -0.464 e. The highest BCUT2D eigenvalue weighted by Crippen LogP contribution is 2.22. The van der Waals surface area contributed by atoms with Crippen LogP contribution >= 0.6 is 0 Å². The van der Waals surface area contributed by atoms with Gasteiger partial charge in [0.1, 0.15) is 17.6 Å². The highest BCUT2D eigenvalue weighted by Gasteiger charge is 2.17. The van der Waals surface area contributed by atoms with Gasteiger partial charge in [-0.3, -0.25) is 10.5 Å². The summed E-state index contributed by atoms with van der Waals surface area (Å²) in [6.45, 7) is 2.05. The lowest BCUT2D eigenvalue weighted by Crippen LogP contribution is -2.28. The summed E-state index contributed by atoms with van der Waals surface area (Å²) >= 11 is 0. The van der Waals surface area contributed by atoms with E-state index in [1.807, 2.05) is 25.4 Å². The molecule has 0 saturated carbocycles. The summed E-state index contributed by atoms with van der Waals surface area (Å²) in [6.07, 6.45) is 4.57. The van der Waals surface area contributed by atoms with E-state index in [1.165, 1.54) is 0 Å². The molecule has 0 saturated heterocycles. The standard InChI is InChI=1S/C11H16N4O/c1-3-9-4-5-10(16-9)11(14-12)8-6-13-15(2)7-8/h4-7,11,14H,3,12H2,1-2H3. The molecule has 0 bridgehead atoms. The minimum absolute atomic E-state index is 0.144. The van der Waals surface area contributed by atoms with Crippen molar-refractivity contribution >= 4 is 0 Å². The van der Waals surface area contributed by atoms with Gasteiger partial charge >= 0.3 is 0 Å². The maximum atomic E-state index is 5.67. The Hall–Kier alpha value is -1.59. The van der Waals surface area contributed by atoms with E-state index >= 15 is 0 Å². The molecule has 16 heavy (non-hydrogen) atoms. The van der Waals surface area contributed by atoms with Crippen molar-refractivity contribution in [3.63, 3.8) is 0 Å². The van der Waals surface area contributed by atoms with Gasteiger partial charge in [0.25, 0.3) is 0 Å². The second kappa shape index (κ2) is 4.51. The van der Waals surface area contributed by atoms with Gasteiger partial charge in [0, 0.05) is 25.2 Å². The molecule has 0 fully saturated rings. The van der Waals surface area contributed by atoms with Crippen LogP contribution < -0.4 is 11.3 Å². The summed E-state index contributed by atoms with van der Waals surface area (Å²) in [6, 6.07) is 3.76. The fourth-order valence-corrected chi connectivity index (χ4v) is 1.67. The van der Waals surface area contributed by atoms with E-state index in [2.05, 4.69) is 17.4 Å². The first kappa shape index (κ1) is 10.9. The molecule has 0 aromatic carbocycles. The van der Waals surface area contributed by atoms with Crippen molar-refractivity contribution in [1.29, 1.82) is 0 Å². The van der Waals surface area contributed by atoms with Gasteiger partial charge in [-0.05, 0) is 12.1 Å². The lowest BCUT2D eigenvalue weighted by atomic mass is 10.1. The second-order valence-electron chi connectivity index (χ2n) is 3.70. The molecule has 0 aliphatic heterocycles. The van der Waals surface area contributed by atoms with Gasteiger partial charge in [0.05, 0.1) is 6.20 Å². The van der Waals surface area contributed by atoms with E-state index in [0.717, 1.165) is 23.5 Å². The molecule has 1 unspecified atom stereocenters. The van der Waals surface area contributed by atoms with Crippen molar-refractivity contribution in [2.45, 2.75) is 19.4 Å². The maximum absolute atomic E-state index is 5.67. The minimum atomic E-state index is -0.144. The van der Waals surface area contributed by atoms with E-state index in [0.29, 0.717) is 0 Å². The van der Waals surface area contributed by atoms with Crippen LogP contribution in [0.3, 0.4) is 0 Å². The summed E-state index contributed by atoms with van der Waals surface area (Å²) in [7, 11) is 1.87. The largest absolute Gasteiger partial charge is 0.464 e. The molecule has 5 nitrogen and oxygen atoms in total. The van der Waals surface area contributed by atoms with Gasteiger partial charge < -0.3 is 4.42 Å². The number of rotatable bonds is 4. The zero-order valence-electron chi connectivity index (χ0n) is 9.47. The molecule has 86 valence electrons. The normalized spacial score (nSPS) is 12.9. The summed E-state index contributed by atoms with van der Waals surface area (Å²) in [5.41, 5.74) is 3.73. The van der Waals surface area contributed by atoms with Crippen LogP contribution in [0.25, 0.3) is 0 Å². The Morgan fingerprint density at radius 2 is 2.38 bits per heavy atom. The Kier molecular flexibility index (Phi) is 3.07. The van der Waals surface area contributed by atoms with Gasteiger partial charge in [-0.25, -0.2) is 5.43 Å². The Labute approximate surface area is 94.2 Å². The van der Waals surface area contributed by atoms with Crippen molar-refractivity contribution in [3.8, 4) is 0 Å². The maximum Gasteiger partial charge on any atom is 0.127 e. The lowest BCUT2D eigenvalue weighted by molar-refractivity contribution is 0.425. The molecule has 0 radical (unpaired) electrons. The van der Waals surface area contributed by atoms with Crippen molar-refractivity contribution < 1.29 is 4.42 Å². The fraction of sp³-hybridized carbons (Fsp3) is 0.364. The topological polar surface area (TPSA) is 69.0 Å². The average molecular weight is 220 g/mol. The number of aromatic nitrogens is 2. The van der Waals surface area contributed by atoms with Crippen LogP contribution in [0.4, 0.5) is 0 Å². The summed E-state index contributed by atoms with van der Waals surface area (Å²) < 4.78 is 7.41. The van der Waals surface area contributed by atoms with Crippen LogP contribution in [-0.4, -0.2) is 9.78 Å². The molecule has 5 heteroatoms. The van der Waals surface area contributed by atoms with Crippen LogP contribution in [0.5, 0.6) is 0 Å². The average Bonchev–Trinajstić information content (AvgIpc) is 2.89. The van der Waals surface area contributed by atoms with Crippen molar-refractivity contribution in [3.05, 3.63) is 41.6 Å². The molecule has 2 heterocycles. The lowest BCUT2D eigenvalue weighted by Gasteiger charge is -2.10. The van der Waals surface area contributed by atoms with Gasteiger partial charge in [-0.15, -0.1) is 0 Å². The van der Waals surface area contributed by atoms with Crippen molar-refractivity contribution in [2.75, 3.05) is 0 Å². The predicted molar refractivity (Wildman–Crippen MR) is 60.5 cm³/mol. The molecule has 0 amide bonds. The van der Waals surface area contributed by atoms with Gasteiger partial charge in [-0.1, -0.05) is 6.92 Å². The van der Waals surface area contributed by atoms with Crippen LogP contribution in [0.1, 0.15) is 30.0 Å². The molecule has 2 rings (SSSR count). The number of hydrogen-bond acceptors (Lipinski definition) is 4. The molecule has 2 aromatic rings. The van der Waals surface area contributed by atoms with Crippen LogP contribution in [-0.2, 0) is 13.5 Å². The third-order valence-electron chi connectivity index (χ3n) is 2.54. The molecule has 3 N–H and O–H groups in total. The Morgan fingerprint density at radius 1 is 1.56 bits per heavy atom. The molecule has 0 aliphatic carbocycles. The molecular weight excluding hydrogens is 204 g/mol. The van der Waals surface area contributed by atoms with Crippen LogP contribution in [0, 0.1) is 0 Å². The third kappa shape index (κ3) is 2.00. The smallest absolute Gasteiger partial charge is 0.127 e. The van der Waals surface area contributed by atoms with E-state index in [-0.39, 0.29) is 6.04 Å². The monoisotopic (exact) mass is 220 g/mol. The van der Waals surface area contributed by atoms with E-state index < -0.39 is 0 Å². The van der Waals surface area contributed by atoms with Gasteiger partial charge in [0.15, 0.2) is 0 Å². The zero-order chi connectivity index (χ0) is 11.5. The van der Waals surface area contributed by atoms with Crippen LogP contribution in [0.15, 0.2) is 28.9 Å². The number of aryl methyl sites for hydroxylation is 2. The first-order chi connectivity index (χ1) is 7.74. The Balaban J connectivity index is 2.28. The van der Waals surface area contributed by atoms with Crippen LogP contribution in [0.2, 0.25) is 0 Å². The highest BCUT2D eigenvalue weighted by atomic mass is 16.3. The Morgan fingerprint density at radius 3 is 2.88 bits per heavy atom. The first-order valence-electron chi connectivity index (χ1n) is 5.28. The molecular formula is C11H16N4O.